The summed E-state index contributed by atoms with van der Waals surface area (Å²) in [6, 6.07) is 4.42. The van der Waals surface area contributed by atoms with Crippen LogP contribution in [0.5, 0.6) is 23.0 Å². The quantitative estimate of drug-likeness (QED) is 0.449. The smallest absolute Gasteiger partial charge is 0.504 e. The Morgan fingerprint density at radius 2 is 1.24 bits per heavy atom. The van der Waals surface area contributed by atoms with Crippen molar-refractivity contribution in [1.29, 1.82) is 0 Å². The van der Waals surface area contributed by atoms with Gasteiger partial charge in [-0.15, -0.1) is 26.3 Å². The van der Waals surface area contributed by atoms with Gasteiger partial charge in [-0.1, -0.05) is 11.6 Å². The normalized spacial score (nSPS) is 11.1. The number of rotatable bonds is 4. The molecule has 0 radical (unpaired) electrons. The van der Waals surface area contributed by atoms with E-state index in [1.165, 1.54) is 0 Å². The number of benzene rings is 2. The second-order valence-corrected chi connectivity index (χ2v) is 5.97. The van der Waals surface area contributed by atoms with Crippen LogP contribution in [0.4, 0.5) is 26.3 Å². The molecular formula is C18H13ClF6O8. The first kappa shape index (κ1) is 27.5. The van der Waals surface area contributed by atoms with Gasteiger partial charge in [0.1, 0.15) is 0 Å². The second kappa shape index (κ2) is 10.8. The number of halogens is 7. The van der Waals surface area contributed by atoms with Crippen LogP contribution >= 0.6 is 11.6 Å². The standard InChI is InChI=1S/C9H6ClF3O4.C9H7F3O4/c1-16-8(15)4-2-5(10)7(14)6(3-4)17-9(11,12)13;1-15-8(14)5-2-3-6(13)7(4-5)16-9(10,11)12/h2-3,14H,1H3;2-4,13H,1H3. The Labute approximate surface area is 185 Å². The third-order valence-corrected chi connectivity index (χ3v) is 3.57. The van der Waals surface area contributed by atoms with Gasteiger partial charge in [-0.05, 0) is 30.3 Å². The van der Waals surface area contributed by atoms with E-state index in [9.17, 15) is 41.0 Å². The van der Waals surface area contributed by atoms with Gasteiger partial charge in [-0.25, -0.2) is 9.59 Å². The summed E-state index contributed by atoms with van der Waals surface area (Å²) >= 11 is 5.44. The fourth-order valence-electron chi connectivity index (χ4n) is 1.98. The Kier molecular flexibility index (Phi) is 9.04. The molecular weight excluding hydrogens is 494 g/mol. The van der Waals surface area contributed by atoms with Crippen LogP contribution in [0.2, 0.25) is 5.02 Å². The summed E-state index contributed by atoms with van der Waals surface area (Å²) < 4.78 is 87.2. The van der Waals surface area contributed by atoms with Crippen molar-refractivity contribution in [3.8, 4) is 23.0 Å². The van der Waals surface area contributed by atoms with E-state index in [4.69, 9.17) is 16.7 Å². The first-order chi connectivity index (χ1) is 15.1. The molecule has 182 valence electrons. The van der Waals surface area contributed by atoms with Gasteiger partial charge in [-0.3, -0.25) is 0 Å². The van der Waals surface area contributed by atoms with Crippen molar-refractivity contribution in [2.45, 2.75) is 12.7 Å². The van der Waals surface area contributed by atoms with Crippen LogP contribution < -0.4 is 9.47 Å². The number of hydrogen-bond donors (Lipinski definition) is 2. The largest absolute Gasteiger partial charge is 0.573 e. The lowest BCUT2D eigenvalue weighted by molar-refractivity contribution is -0.276. The molecule has 0 saturated heterocycles. The first-order valence-corrected chi connectivity index (χ1v) is 8.49. The van der Waals surface area contributed by atoms with Gasteiger partial charge in [0.15, 0.2) is 23.0 Å². The second-order valence-electron chi connectivity index (χ2n) is 5.57. The molecule has 2 rings (SSSR count). The van der Waals surface area contributed by atoms with Crippen molar-refractivity contribution in [3.63, 3.8) is 0 Å². The topological polar surface area (TPSA) is 112 Å². The van der Waals surface area contributed by atoms with Gasteiger partial charge >= 0.3 is 24.7 Å². The van der Waals surface area contributed by atoms with Crippen molar-refractivity contribution in [2.75, 3.05) is 14.2 Å². The van der Waals surface area contributed by atoms with E-state index in [2.05, 4.69) is 18.9 Å². The third kappa shape index (κ3) is 8.84. The first-order valence-electron chi connectivity index (χ1n) is 8.11. The van der Waals surface area contributed by atoms with E-state index < -0.39 is 52.7 Å². The maximum Gasteiger partial charge on any atom is 0.573 e. The third-order valence-electron chi connectivity index (χ3n) is 3.28. The van der Waals surface area contributed by atoms with E-state index in [0.717, 1.165) is 38.5 Å². The van der Waals surface area contributed by atoms with Gasteiger partial charge in [0.05, 0.1) is 30.4 Å². The number of phenols is 2. The van der Waals surface area contributed by atoms with Crippen LogP contribution in [0.15, 0.2) is 30.3 Å². The number of phenolic OH excluding ortho intramolecular Hbond substituents is 2. The number of aromatic hydroxyl groups is 2. The molecule has 0 fully saturated rings. The number of carbonyl (C=O) groups is 2. The van der Waals surface area contributed by atoms with Crippen molar-refractivity contribution in [2.24, 2.45) is 0 Å². The average molecular weight is 507 g/mol. The Bertz CT molecular complexity index is 1010. The van der Waals surface area contributed by atoms with Crippen LogP contribution in [0.3, 0.4) is 0 Å². The minimum absolute atomic E-state index is 0.153. The molecule has 0 atom stereocenters. The number of alkyl halides is 6. The zero-order valence-electron chi connectivity index (χ0n) is 16.4. The van der Waals surface area contributed by atoms with Crippen molar-refractivity contribution in [3.05, 3.63) is 46.5 Å². The van der Waals surface area contributed by atoms with Gasteiger partial charge in [-0.2, -0.15) is 0 Å². The van der Waals surface area contributed by atoms with Gasteiger partial charge in [0.2, 0.25) is 0 Å². The van der Waals surface area contributed by atoms with Crippen molar-refractivity contribution >= 4 is 23.5 Å². The summed E-state index contributed by atoms with van der Waals surface area (Å²) in [6.07, 6.45) is -9.94. The zero-order chi connectivity index (χ0) is 25.6. The van der Waals surface area contributed by atoms with Crippen molar-refractivity contribution < 1.29 is 65.1 Å². The number of carbonyl (C=O) groups excluding carboxylic acids is 2. The summed E-state index contributed by atoms with van der Waals surface area (Å²) in [5, 5.41) is 17.9. The molecule has 0 aromatic heterocycles. The summed E-state index contributed by atoms with van der Waals surface area (Å²) in [5.74, 6) is -5.17. The lowest BCUT2D eigenvalue weighted by Crippen LogP contribution is -2.17. The highest BCUT2D eigenvalue weighted by Gasteiger charge is 2.34. The Hall–Kier alpha value is -3.55. The summed E-state index contributed by atoms with van der Waals surface area (Å²) in [4.78, 5) is 22.1. The lowest BCUT2D eigenvalue weighted by Gasteiger charge is -2.12. The van der Waals surface area contributed by atoms with Crippen LogP contribution in [-0.2, 0) is 9.47 Å². The van der Waals surface area contributed by atoms with E-state index in [-0.39, 0.29) is 11.1 Å². The van der Waals surface area contributed by atoms with Crippen molar-refractivity contribution in [1.82, 2.24) is 0 Å². The monoisotopic (exact) mass is 506 g/mol. The molecule has 15 heteroatoms. The maximum absolute atomic E-state index is 12.0. The van der Waals surface area contributed by atoms with Crippen LogP contribution in [0, 0.1) is 0 Å². The Balaban J connectivity index is 0.000000331. The molecule has 0 aliphatic heterocycles. The molecule has 2 N–H and O–H groups in total. The van der Waals surface area contributed by atoms with E-state index >= 15 is 0 Å². The minimum atomic E-state index is -5.00. The average Bonchev–Trinajstić information content (AvgIpc) is 2.70. The maximum atomic E-state index is 12.0. The number of ether oxygens (including phenoxy) is 4. The molecule has 0 unspecified atom stereocenters. The Morgan fingerprint density at radius 3 is 1.73 bits per heavy atom. The highest BCUT2D eigenvalue weighted by molar-refractivity contribution is 6.32. The molecule has 2 aromatic rings. The van der Waals surface area contributed by atoms with Gasteiger partial charge in [0, 0.05) is 0 Å². The molecule has 2 aromatic carbocycles. The number of hydrogen-bond acceptors (Lipinski definition) is 8. The summed E-state index contributed by atoms with van der Waals surface area (Å²) in [6.45, 7) is 0. The summed E-state index contributed by atoms with van der Waals surface area (Å²) in [5.41, 5.74) is -0.422. The Morgan fingerprint density at radius 1 is 0.788 bits per heavy atom. The predicted octanol–water partition coefficient (Wildman–Crippen LogP) is 4.81. The number of methoxy groups -OCH3 is 2. The fourth-order valence-corrected chi connectivity index (χ4v) is 2.19. The van der Waals surface area contributed by atoms with E-state index in [0.29, 0.717) is 6.07 Å². The number of esters is 2. The zero-order valence-corrected chi connectivity index (χ0v) is 17.1. The molecule has 0 spiro atoms. The molecule has 0 aliphatic rings. The van der Waals surface area contributed by atoms with Crippen LogP contribution in [-0.4, -0.2) is 49.1 Å². The van der Waals surface area contributed by atoms with E-state index in [1.807, 2.05) is 0 Å². The molecule has 0 amide bonds. The predicted molar refractivity (Wildman–Crippen MR) is 97.3 cm³/mol. The molecule has 33 heavy (non-hydrogen) atoms. The SMILES string of the molecule is COC(=O)c1cc(Cl)c(O)c(OC(F)(F)F)c1.COC(=O)c1ccc(O)c(OC(F)(F)F)c1. The molecule has 8 nitrogen and oxygen atoms in total. The summed E-state index contributed by atoms with van der Waals surface area (Å²) in [7, 11) is 2.13. The van der Waals surface area contributed by atoms with Crippen LogP contribution in [0.25, 0.3) is 0 Å². The molecule has 0 bridgehead atoms. The van der Waals surface area contributed by atoms with E-state index in [1.54, 1.807) is 0 Å². The van der Waals surface area contributed by atoms with Gasteiger partial charge < -0.3 is 29.2 Å². The molecule has 0 saturated carbocycles. The fraction of sp³-hybridized carbons (Fsp3) is 0.222. The molecule has 0 aliphatic carbocycles. The minimum Gasteiger partial charge on any atom is -0.504 e. The lowest BCUT2D eigenvalue weighted by atomic mass is 10.2. The van der Waals surface area contributed by atoms with Gasteiger partial charge in [0.25, 0.3) is 0 Å². The van der Waals surface area contributed by atoms with Crippen LogP contribution in [0.1, 0.15) is 20.7 Å². The highest BCUT2D eigenvalue weighted by Crippen LogP contribution is 2.38. The molecule has 0 heterocycles. The highest BCUT2D eigenvalue weighted by atomic mass is 35.5.